The second-order valence-electron chi connectivity index (χ2n) is 3.38. The van der Waals surface area contributed by atoms with E-state index in [0.717, 1.165) is 0 Å². The highest BCUT2D eigenvalue weighted by Crippen LogP contribution is 2.23. The van der Waals surface area contributed by atoms with Crippen LogP contribution in [0.5, 0.6) is 0 Å². The molecule has 5 heteroatoms. The minimum atomic E-state index is -0.991. The Morgan fingerprint density at radius 2 is 2.14 bits per heavy atom. The van der Waals surface area contributed by atoms with Crippen LogP contribution in [0.15, 0.2) is 11.8 Å². The molecule has 5 nitrogen and oxygen atoms in total. The van der Waals surface area contributed by atoms with Gasteiger partial charge in [-0.1, -0.05) is 0 Å². The maximum atomic E-state index is 11.0. The molecule has 0 aromatic rings. The smallest absolute Gasteiger partial charge is 0.337 e. The van der Waals surface area contributed by atoms with Crippen molar-refractivity contribution in [2.75, 3.05) is 7.05 Å². The van der Waals surface area contributed by atoms with Crippen molar-refractivity contribution in [3.05, 3.63) is 11.8 Å². The van der Waals surface area contributed by atoms with Gasteiger partial charge in [-0.15, -0.1) is 0 Å². The molecule has 0 aliphatic carbocycles. The molecule has 0 saturated carbocycles. The van der Waals surface area contributed by atoms with Gasteiger partial charge in [0.15, 0.2) is 0 Å². The van der Waals surface area contributed by atoms with Crippen molar-refractivity contribution >= 4 is 11.9 Å². The minimum Gasteiger partial charge on any atom is -0.456 e. The zero-order chi connectivity index (χ0) is 10.8. The van der Waals surface area contributed by atoms with Crippen LogP contribution in [-0.2, 0) is 19.1 Å². The summed E-state index contributed by atoms with van der Waals surface area (Å²) in [5.74, 6) is -1.36. The maximum absolute atomic E-state index is 11.0. The van der Waals surface area contributed by atoms with Gasteiger partial charge in [-0.2, -0.15) is 0 Å². The Labute approximate surface area is 82.1 Å². The summed E-state index contributed by atoms with van der Waals surface area (Å²) < 4.78 is 10.1. The second-order valence-corrected chi connectivity index (χ2v) is 3.38. The predicted molar refractivity (Wildman–Crippen MR) is 48.0 cm³/mol. The zero-order valence-electron chi connectivity index (χ0n) is 8.42. The Bertz CT molecular complexity index is 293. The summed E-state index contributed by atoms with van der Waals surface area (Å²) in [6.07, 6.45) is 1.23. The van der Waals surface area contributed by atoms with E-state index in [1.165, 1.54) is 13.1 Å². The topological polar surface area (TPSA) is 64.6 Å². The fourth-order valence-electron chi connectivity index (χ4n) is 1.10. The number of carbonyl (C=O) groups is 2. The molecular weight excluding hydrogens is 186 g/mol. The van der Waals surface area contributed by atoms with Crippen molar-refractivity contribution in [2.24, 2.45) is 0 Å². The number of hydrogen-bond donors (Lipinski definition) is 1. The zero-order valence-corrected chi connectivity index (χ0v) is 8.42. The molecule has 1 rings (SSSR count). The number of esters is 1. The summed E-state index contributed by atoms with van der Waals surface area (Å²) in [4.78, 5) is 22.1. The van der Waals surface area contributed by atoms with Crippen LogP contribution in [0.2, 0.25) is 0 Å². The molecule has 14 heavy (non-hydrogen) atoms. The summed E-state index contributed by atoms with van der Waals surface area (Å²) in [7, 11) is 1.52. The van der Waals surface area contributed by atoms with Gasteiger partial charge in [0, 0.05) is 20.9 Å². The Morgan fingerprint density at radius 1 is 1.50 bits per heavy atom. The largest absolute Gasteiger partial charge is 0.456 e. The maximum Gasteiger partial charge on any atom is 0.337 e. The van der Waals surface area contributed by atoms with Gasteiger partial charge in [-0.3, -0.25) is 4.79 Å². The van der Waals surface area contributed by atoms with E-state index in [1.54, 1.807) is 13.8 Å². The minimum absolute atomic E-state index is 0.0506. The predicted octanol–water partition coefficient (Wildman–Crippen LogP) is 0.316. The van der Waals surface area contributed by atoms with E-state index >= 15 is 0 Å². The molecule has 0 fully saturated rings. The summed E-state index contributed by atoms with van der Waals surface area (Å²) in [6, 6.07) is 0. The lowest BCUT2D eigenvalue weighted by molar-refractivity contribution is -0.205. The van der Waals surface area contributed by atoms with E-state index in [1.807, 2.05) is 0 Å². The van der Waals surface area contributed by atoms with Gasteiger partial charge >= 0.3 is 5.97 Å². The van der Waals surface area contributed by atoms with Crippen LogP contribution < -0.4 is 5.32 Å². The van der Waals surface area contributed by atoms with Gasteiger partial charge < -0.3 is 14.8 Å². The first-order chi connectivity index (χ1) is 6.43. The van der Waals surface area contributed by atoms with Crippen molar-refractivity contribution in [1.82, 2.24) is 5.32 Å². The van der Waals surface area contributed by atoms with Crippen LogP contribution in [0.3, 0.4) is 0 Å². The average Bonchev–Trinajstić information content (AvgIpc) is 1.99. The van der Waals surface area contributed by atoms with Gasteiger partial charge in [0.25, 0.3) is 0 Å². The van der Waals surface area contributed by atoms with Crippen LogP contribution >= 0.6 is 0 Å². The molecule has 0 aromatic heterocycles. The second kappa shape index (κ2) is 3.69. The quantitative estimate of drug-likeness (QED) is 0.650. The molecule has 0 atom stereocenters. The molecule has 1 amide bonds. The highest BCUT2D eigenvalue weighted by Gasteiger charge is 2.30. The molecule has 0 unspecified atom stereocenters. The fourth-order valence-corrected chi connectivity index (χ4v) is 1.10. The molecule has 0 spiro atoms. The first-order valence-corrected chi connectivity index (χ1v) is 4.26. The van der Waals surface area contributed by atoms with Crippen LogP contribution in [0, 0.1) is 0 Å². The molecule has 1 N–H and O–H groups in total. The lowest BCUT2D eigenvalue weighted by Crippen LogP contribution is -2.35. The number of amides is 1. The first kappa shape index (κ1) is 10.6. The normalized spacial score (nSPS) is 19.1. The summed E-state index contributed by atoms with van der Waals surface area (Å²) in [6.45, 7) is 3.23. The molecule has 0 saturated heterocycles. The molecule has 0 bridgehead atoms. The van der Waals surface area contributed by atoms with E-state index in [0.29, 0.717) is 5.76 Å². The number of nitrogens with one attached hydrogen (secondary N) is 1. The molecular formula is C9H13NO4. The Balaban J connectivity index is 2.70. The standard InChI is InChI=1S/C9H13NO4/c1-9(2)13-6(4-7(11)10-3)5-8(12)14-9/h5H,4H2,1-3H3,(H,10,11). The van der Waals surface area contributed by atoms with Crippen LogP contribution in [-0.4, -0.2) is 24.7 Å². The first-order valence-electron chi connectivity index (χ1n) is 4.26. The Kier molecular flexibility index (Phi) is 2.78. The van der Waals surface area contributed by atoms with Crippen molar-refractivity contribution in [2.45, 2.75) is 26.1 Å². The molecule has 78 valence electrons. The van der Waals surface area contributed by atoms with E-state index in [2.05, 4.69) is 5.32 Å². The van der Waals surface area contributed by atoms with Crippen LogP contribution in [0.25, 0.3) is 0 Å². The van der Waals surface area contributed by atoms with E-state index in [-0.39, 0.29) is 12.3 Å². The Morgan fingerprint density at radius 3 is 2.64 bits per heavy atom. The summed E-state index contributed by atoms with van der Waals surface area (Å²) in [5, 5.41) is 2.44. The third kappa shape index (κ3) is 2.76. The van der Waals surface area contributed by atoms with Gasteiger partial charge in [0.05, 0.1) is 12.5 Å². The number of ether oxygens (including phenoxy) is 2. The van der Waals surface area contributed by atoms with Crippen molar-refractivity contribution in [3.8, 4) is 0 Å². The van der Waals surface area contributed by atoms with Crippen molar-refractivity contribution in [1.29, 1.82) is 0 Å². The van der Waals surface area contributed by atoms with Gasteiger partial charge in [0.2, 0.25) is 11.7 Å². The Hall–Kier alpha value is -1.52. The fraction of sp³-hybridized carbons (Fsp3) is 0.556. The van der Waals surface area contributed by atoms with Crippen LogP contribution in [0.4, 0.5) is 0 Å². The number of rotatable bonds is 2. The van der Waals surface area contributed by atoms with Crippen molar-refractivity contribution in [3.63, 3.8) is 0 Å². The summed E-state index contributed by atoms with van der Waals surface area (Å²) in [5.41, 5.74) is 0. The number of carbonyl (C=O) groups excluding carboxylic acids is 2. The number of cyclic esters (lactones) is 1. The van der Waals surface area contributed by atoms with Gasteiger partial charge in [0.1, 0.15) is 5.76 Å². The lowest BCUT2D eigenvalue weighted by atomic mass is 10.2. The highest BCUT2D eigenvalue weighted by molar-refractivity contribution is 5.86. The monoisotopic (exact) mass is 199 g/mol. The molecule has 1 heterocycles. The van der Waals surface area contributed by atoms with E-state index < -0.39 is 11.8 Å². The SMILES string of the molecule is CNC(=O)CC1=CC(=O)OC(C)(C)O1. The van der Waals surface area contributed by atoms with Crippen LogP contribution in [0.1, 0.15) is 20.3 Å². The van der Waals surface area contributed by atoms with E-state index in [9.17, 15) is 9.59 Å². The molecule has 1 aliphatic rings. The average molecular weight is 199 g/mol. The summed E-state index contributed by atoms with van der Waals surface area (Å²) >= 11 is 0. The molecule has 0 aromatic carbocycles. The third-order valence-electron chi connectivity index (χ3n) is 1.62. The molecule has 0 radical (unpaired) electrons. The van der Waals surface area contributed by atoms with Crippen molar-refractivity contribution < 1.29 is 19.1 Å². The number of hydrogen-bond acceptors (Lipinski definition) is 4. The third-order valence-corrected chi connectivity index (χ3v) is 1.62. The highest BCUT2D eigenvalue weighted by atomic mass is 16.7. The van der Waals surface area contributed by atoms with Gasteiger partial charge in [-0.05, 0) is 0 Å². The van der Waals surface area contributed by atoms with Gasteiger partial charge in [-0.25, -0.2) is 4.79 Å². The molecule has 1 aliphatic heterocycles. The lowest BCUT2D eigenvalue weighted by Gasteiger charge is -2.30. The van der Waals surface area contributed by atoms with E-state index in [4.69, 9.17) is 9.47 Å².